The fourth-order valence-corrected chi connectivity index (χ4v) is 0.348. The molecule has 0 unspecified atom stereocenters. The van der Waals surface area contributed by atoms with E-state index in [0.29, 0.717) is 6.54 Å². The lowest BCUT2D eigenvalue weighted by molar-refractivity contribution is 0.848. The summed E-state index contributed by atoms with van der Waals surface area (Å²) in [4.78, 5) is 3.88. The Morgan fingerprint density at radius 2 is 2.83 bits per heavy atom. The van der Waals surface area contributed by atoms with Crippen LogP contribution in [-0.2, 0) is 0 Å². The van der Waals surface area contributed by atoms with Gasteiger partial charge in [0.1, 0.15) is 0 Å². The van der Waals surface area contributed by atoms with Crippen LogP contribution in [0.1, 0.15) is 0 Å². The minimum Gasteiger partial charge on any atom is -0.301 e. The predicted octanol–water partition coefficient (Wildman–Crippen LogP) is -0.301. The van der Waals surface area contributed by atoms with E-state index in [-0.39, 0.29) is 0 Å². The van der Waals surface area contributed by atoms with E-state index >= 15 is 0 Å². The molecule has 0 aliphatic carbocycles. The summed E-state index contributed by atoms with van der Waals surface area (Å²) in [5.74, 6) is 0. The van der Waals surface area contributed by atoms with Gasteiger partial charge in [-0.3, -0.25) is 4.99 Å². The van der Waals surface area contributed by atoms with Crippen molar-refractivity contribution < 1.29 is 0 Å². The van der Waals surface area contributed by atoms with Crippen molar-refractivity contribution in [3.05, 3.63) is 6.54 Å². The van der Waals surface area contributed by atoms with Crippen molar-refractivity contribution in [3.63, 3.8) is 0 Å². The quantitative estimate of drug-likeness (QED) is 0.426. The van der Waals surface area contributed by atoms with E-state index in [0.717, 1.165) is 6.54 Å². The fraction of sp³-hybridized carbons (Fsp3) is 0.500. The zero-order valence-electron chi connectivity index (χ0n) is 3.44. The molecule has 1 aliphatic rings. The summed E-state index contributed by atoms with van der Waals surface area (Å²) in [7, 11) is 0. The molecule has 0 bridgehead atoms. The minimum absolute atomic E-state index is 0.708. The standard InChI is InChI=1S/C4H6N2/c1-2-6-4-3-5-1/h1,6H,2-3H2. The maximum absolute atomic E-state index is 3.88. The van der Waals surface area contributed by atoms with Crippen LogP contribution in [0.15, 0.2) is 4.99 Å². The molecular formula is C4H6N2. The molecule has 1 heterocycles. The summed E-state index contributed by atoms with van der Waals surface area (Å²) in [6.07, 6.45) is 1.84. The zero-order valence-corrected chi connectivity index (χ0v) is 3.44. The Bertz CT molecular complexity index is 50.6. The molecule has 1 rings (SSSR count). The number of rotatable bonds is 0. The van der Waals surface area contributed by atoms with Crippen LogP contribution in [0.25, 0.3) is 0 Å². The van der Waals surface area contributed by atoms with Crippen molar-refractivity contribution in [1.29, 1.82) is 0 Å². The van der Waals surface area contributed by atoms with Gasteiger partial charge >= 0.3 is 0 Å². The van der Waals surface area contributed by atoms with E-state index in [2.05, 4.69) is 16.9 Å². The van der Waals surface area contributed by atoms with Crippen molar-refractivity contribution in [2.75, 3.05) is 13.1 Å². The van der Waals surface area contributed by atoms with E-state index in [9.17, 15) is 0 Å². The summed E-state index contributed by atoms with van der Waals surface area (Å²) in [6, 6.07) is 0. The van der Waals surface area contributed by atoms with Crippen molar-refractivity contribution in [2.45, 2.75) is 0 Å². The van der Waals surface area contributed by atoms with Gasteiger partial charge in [-0.05, 0) is 0 Å². The van der Waals surface area contributed by atoms with Crippen LogP contribution in [0.3, 0.4) is 0 Å². The second-order valence-electron chi connectivity index (χ2n) is 1.08. The summed E-state index contributed by atoms with van der Waals surface area (Å²) >= 11 is 0. The fourth-order valence-electron chi connectivity index (χ4n) is 0.348. The Hall–Kier alpha value is -0.370. The average Bonchev–Trinajstić information content (AvgIpc) is 1.72. The second-order valence-corrected chi connectivity index (χ2v) is 1.08. The molecule has 32 valence electrons. The van der Waals surface area contributed by atoms with Crippen LogP contribution in [0.2, 0.25) is 0 Å². The van der Waals surface area contributed by atoms with Crippen molar-refractivity contribution in [1.82, 2.24) is 5.32 Å². The Labute approximate surface area is 37.3 Å². The number of aliphatic imine (C=N–C) groups is 1. The number of nitrogens with one attached hydrogen (secondary N) is 1. The molecule has 2 radical (unpaired) electrons. The lowest BCUT2D eigenvalue weighted by Gasteiger charge is -1.99. The van der Waals surface area contributed by atoms with Crippen molar-refractivity contribution in [3.8, 4) is 0 Å². The van der Waals surface area contributed by atoms with Crippen molar-refractivity contribution >= 4 is 6.21 Å². The molecule has 0 aromatic rings. The normalized spacial score (nSPS) is 21.3. The third kappa shape index (κ3) is 0.792. The average molecular weight is 82.1 g/mol. The van der Waals surface area contributed by atoms with Gasteiger partial charge in [-0.1, -0.05) is 0 Å². The lowest BCUT2D eigenvalue weighted by Crippen LogP contribution is -2.18. The largest absolute Gasteiger partial charge is 0.301 e. The molecule has 0 atom stereocenters. The first-order valence-electron chi connectivity index (χ1n) is 1.94. The highest BCUT2D eigenvalue weighted by molar-refractivity contribution is 5.60. The second kappa shape index (κ2) is 1.92. The number of hydrogen-bond acceptors (Lipinski definition) is 2. The van der Waals surface area contributed by atoms with Gasteiger partial charge in [-0.25, -0.2) is 0 Å². The van der Waals surface area contributed by atoms with Crippen LogP contribution in [-0.4, -0.2) is 19.3 Å². The van der Waals surface area contributed by atoms with Gasteiger partial charge in [-0.2, -0.15) is 0 Å². The van der Waals surface area contributed by atoms with Gasteiger partial charge < -0.3 is 5.32 Å². The molecule has 0 aromatic carbocycles. The molecule has 2 nitrogen and oxygen atoms in total. The molecule has 0 amide bonds. The van der Waals surface area contributed by atoms with Crippen LogP contribution < -0.4 is 5.32 Å². The van der Waals surface area contributed by atoms with Gasteiger partial charge in [0.25, 0.3) is 0 Å². The third-order valence-electron chi connectivity index (χ3n) is 0.618. The SMILES string of the molecule is [C]1CN=CCN1. The highest BCUT2D eigenvalue weighted by atomic mass is 14.9. The first-order valence-corrected chi connectivity index (χ1v) is 1.94. The monoisotopic (exact) mass is 82.1 g/mol. The van der Waals surface area contributed by atoms with E-state index in [1.165, 1.54) is 0 Å². The Morgan fingerprint density at radius 3 is 3.00 bits per heavy atom. The molecule has 0 fully saturated rings. The summed E-state index contributed by atoms with van der Waals surface area (Å²) in [5.41, 5.74) is 0. The maximum Gasteiger partial charge on any atom is 0.0824 e. The van der Waals surface area contributed by atoms with Crippen LogP contribution in [0, 0.1) is 6.54 Å². The van der Waals surface area contributed by atoms with E-state index in [4.69, 9.17) is 0 Å². The lowest BCUT2D eigenvalue weighted by atomic mass is 10.5. The van der Waals surface area contributed by atoms with Crippen LogP contribution in [0.5, 0.6) is 0 Å². The summed E-state index contributed by atoms with van der Waals surface area (Å²) in [5, 5.41) is 2.89. The molecule has 0 saturated carbocycles. The van der Waals surface area contributed by atoms with Crippen LogP contribution >= 0.6 is 0 Å². The molecule has 0 saturated heterocycles. The van der Waals surface area contributed by atoms with Gasteiger partial charge in [0, 0.05) is 12.8 Å². The first-order chi connectivity index (χ1) is 3.00. The summed E-state index contributed by atoms with van der Waals surface area (Å²) in [6.45, 7) is 4.39. The molecule has 0 spiro atoms. The molecule has 6 heavy (non-hydrogen) atoms. The molecule has 2 heteroatoms. The Kier molecular flexibility index (Phi) is 1.22. The summed E-state index contributed by atoms with van der Waals surface area (Å²) < 4.78 is 0. The highest BCUT2D eigenvalue weighted by Crippen LogP contribution is 1.76. The molecule has 1 aliphatic heterocycles. The first kappa shape index (κ1) is 3.81. The number of nitrogens with zero attached hydrogens (tertiary/aromatic N) is 1. The molecule has 0 aromatic heterocycles. The molecule has 1 N–H and O–H groups in total. The van der Waals surface area contributed by atoms with Gasteiger partial charge in [0.05, 0.1) is 13.1 Å². The smallest absolute Gasteiger partial charge is 0.0824 e. The predicted molar refractivity (Wildman–Crippen MR) is 24.6 cm³/mol. The van der Waals surface area contributed by atoms with Crippen molar-refractivity contribution in [2.24, 2.45) is 4.99 Å². The minimum atomic E-state index is 0.708. The molecular weight excluding hydrogens is 76.1 g/mol. The highest BCUT2D eigenvalue weighted by Gasteiger charge is 1.87. The number of hydrogen-bond donors (Lipinski definition) is 1. The third-order valence-corrected chi connectivity index (χ3v) is 0.618. The van der Waals surface area contributed by atoms with Gasteiger partial charge in [-0.15, -0.1) is 0 Å². The van der Waals surface area contributed by atoms with E-state index < -0.39 is 0 Å². The van der Waals surface area contributed by atoms with Gasteiger partial charge in [0.2, 0.25) is 0 Å². The van der Waals surface area contributed by atoms with Crippen LogP contribution in [0.4, 0.5) is 0 Å². The van der Waals surface area contributed by atoms with E-state index in [1.54, 1.807) is 0 Å². The topological polar surface area (TPSA) is 24.4 Å². The zero-order chi connectivity index (χ0) is 4.24. The Balaban J connectivity index is 2.26. The Morgan fingerprint density at radius 1 is 1.83 bits per heavy atom. The maximum atomic E-state index is 3.88. The van der Waals surface area contributed by atoms with Gasteiger partial charge in [0.15, 0.2) is 0 Å². The van der Waals surface area contributed by atoms with E-state index in [1.807, 2.05) is 6.21 Å².